The minimum Gasteiger partial charge on any atom is -0.462 e. The second-order valence-electron chi connectivity index (χ2n) is 28.4. The summed E-state index contributed by atoms with van der Waals surface area (Å²) in [7, 11) is -9.95. The fourth-order valence-electron chi connectivity index (χ4n) is 11.9. The van der Waals surface area contributed by atoms with Gasteiger partial charge >= 0.3 is 39.5 Å². The lowest BCUT2D eigenvalue weighted by Crippen LogP contribution is -2.30. The Labute approximate surface area is 623 Å². The first-order chi connectivity index (χ1) is 49.7. The molecule has 0 bridgehead atoms. The molecule has 0 amide bonds. The summed E-state index contributed by atoms with van der Waals surface area (Å²) in [6, 6.07) is 0. The highest BCUT2D eigenvalue weighted by molar-refractivity contribution is 7.47. The highest BCUT2D eigenvalue weighted by atomic mass is 31.2. The van der Waals surface area contributed by atoms with Gasteiger partial charge in [-0.15, -0.1) is 0 Å². The van der Waals surface area contributed by atoms with Crippen molar-refractivity contribution in [1.82, 2.24) is 0 Å². The molecule has 0 aliphatic rings. The van der Waals surface area contributed by atoms with Crippen LogP contribution in [0.3, 0.4) is 0 Å². The van der Waals surface area contributed by atoms with Crippen molar-refractivity contribution in [2.45, 2.75) is 418 Å². The number of carbonyl (C=O) groups is 4. The van der Waals surface area contributed by atoms with Gasteiger partial charge in [0.15, 0.2) is 12.2 Å². The Morgan fingerprint density at radius 3 is 0.775 bits per heavy atom. The number of unbranched alkanes of at least 4 members (excludes halogenated alkanes) is 46. The average molecular weight is 1490 g/mol. The lowest BCUT2D eigenvalue weighted by molar-refractivity contribution is -0.161. The van der Waals surface area contributed by atoms with Crippen LogP contribution in [0.2, 0.25) is 0 Å². The van der Waals surface area contributed by atoms with Gasteiger partial charge < -0.3 is 33.8 Å². The van der Waals surface area contributed by atoms with Crippen molar-refractivity contribution in [2.75, 3.05) is 39.6 Å². The maximum absolute atomic E-state index is 13.1. The molecule has 0 rings (SSSR count). The van der Waals surface area contributed by atoms with E-state index in [1.807, 2.05) is 12.2 Å². The number of rotatable bonds is 80. The molecule has 0 saturated carbocycles. The predicted molar refractivity (Wildman–Crippen MR) is 418 cm³/mol. The Bertz CT molecular complexity index is 2120. The van der Waals surface area contributed by atoms with E-state index in [0.29, 0.717) is 32.1 Å². The lowest BCUT2D eigenvalue weighted by atomic mass is 10.0. The van der Waals surface area contributed by atoms with Crippen molar-refractivity contribution in [3.05, 3.63) is 48.6 Å². The smallest absolute Gasteiger partial charge is 0.462 e. The van der Waals surface area contributed by atoms with Gasteiger partial charge in [-0.3, -0.25) is 37.3 Å². The fraction of sp³-hybridized carbons (Fsp3) is 0.855. The van der Waals surface area contributed by atoms with E-state index in [-0.39, 0.29) is 25.7 Å². The molecule has 2 unspecified atom stereocenters. The molecule has 19 heteroatoms. The molecule has 0 aliphatic heterocycles. The summed E-state index contributed by atoms with van der Waals surface area (Å²) in [6.45, 7) is 4.90. The van der Waals surface area contributed by atoms with Crippen molar-refractivity contribution >= 4 is 39.5 Å². The number of phosphoric acid groups is 2. The first-order valence-electron chi connectivity index (χ1n) is 41.9. The molecule has 598 valence electrons. The van der Waals surface area contributed by atoms with Crippen LogP contribution >= 0.6 is 15.6 Å². The number of carbonyl (C=O) groups excluding carboxylic acids is 4. The number of hydrogen-bond acceptors (Lipinski definition) is 15. The van der Waals surface area contributed by atoms with Gasteiger partial charge in [0.2, 0.25) is 0 Å². The van der Waals surface area contributed by atoms with E-state index in [4.69, 9.17) is 37.0 Å². The Balaban J connectivity index is 5.33. The zero-order chi connectivity index (χ0) is 74.6. The van der Waals surface area contributed by atoms with Gasteiger partial charge in [-0.25, -0.2) is 9.13 Å². The van der Waals surface area contributed by atoms with Crippen molar-refractivity contribution in [2.24, 2.45) is 0 Å². The molecule has 0 fully saturated rings. The zero-order valence-electron chi connectivity index (χ0n) is 65.6. The predicted octanol–water partition coefficient (Wildman–Crippen LogP) is 24.5. The van der Waals surface area contributed by atoms with Crippen LogP contribution in [0.4, 0.5) is 0 Å². The molecular weight excluding hydrogens is 1330 g/mol. The third-order valence-electron chi connectivity index (χ3n) is 18.3. The lowest BCUT2D eigenvalue weighted by Gasteiger charge is -2.21. The van der Waals surface area contributed by atoms with Gasteiger partial charge in [-0.1, -0.05) is 359 Å². The summed E-state index contributed by atoms with van der Waals surface area (Å²) in [5.41, 5.74) is 0. The molecule has 102 heavy (non-hydrogen) atoms. The normalized spacial score (nSPS) is 14.1. The minimum atomic E-state index is -4.98. The standard InChI is InChI=1S/C83H154O17P2/c1-5-9-13-17-21-25-29-33-36-38-41-44-47-51-55-59-63-67-80(85)93-73-78(99-82(87)69-65-61-57-53-49-43-32-28-24-20-16-12-8-4)75-97-101(89,90)95-71-77(84)72-96-102(91,92)98-76-79(100-83(88)70-66-62-58-54-50-46-40-35-31-27-23-19-15-11-7-3)74-94-81(86)68-64-60-56-52-48-45-42-39-37-34-30-26-22-18-14-10-6-2/h22,26,34,37,42,45,52,56,77-79,84H,5-21,23-25,27-33,35-36,38-41,43-44,46-51,53-55,57-76H2,1-4H3,(H,89,90)(H,91,92)/b26-22-,37-34-,45-42-,56-52-/t77-,78-,79-/m1/s1. The van der Waals surface area contributed by atoms with E-state index in [1.165, 1.54) is 218 Å². The summed E-state index contributed by atoms with van der Waals surface area (Å²) in [5, 5.41) is 10.6. The Hall–Kier alpha value is -2.98. The first kappa shape index (κ1) is 99.0. The van der Waals surface area contributed by atoms with Gasteiger partial charge in [0.1, 0.15) is 19.3 Å². The fourth-order valence-corrected chi connectivity index (χ4v) is 13.5. The summed E-state index contributed by atoms with van der Waals surface area (Å²) < 4.78 is 68.7. The van der Waals surface area contributed by atoms with E-state index >= 15 is 0 Å². The van der Waals surface area contributed by atoms with E-state index in [9.17, 15) is 43.2 Å². The SMILES string of the molecule is CCCCC/C=C\C/C=C\C/C=C\C/C=C\CCCC(=O)OC[C@H](COP(=O)(O)OC[C@H](O)COP(=O)(O)OC[C@@H](COC(=O)CCCCCCCCCCCCCCCCCCC)OC(=O)CCCCCCCCCCCCCCC)OC(=O)CCCCCCCCCCCCCCCCC. The van der Waals surface area contributed by atoms with Gasteiger partial charge in [-0.05, 0) is 64.2 Å². The molecule has 0 saturated heterocycles. The van der Waals surface area contributed by atoms with Crippen molar-refractivity contribution in [1.29, 1.82) is 0 Å². The van der Waals surface area contributed by atoms with Crippen LogP contribution in [0.1, 0.15) is 400 Å². The Morgan fingerprint density at radius 1 is 0.275 bits per heavy atom. The first-order valence-corrected chi connectivity index (χ1v) is 44.9. The third-order valence-corrected chi connectivity index (χ3v) is 20.2. The average Bonchev–Trinajstić information content (AvgIpc) is 0.939. The van der Waals surface area contributed by atoms with Crippen LogP contribution in [0.25, 0.3) is 0 Å². The monoisotopic (exact) mass is 1490 g/mol. The van der Waals surface area contributed by atoms with Gasteiger partial charge in [0, 0.05) is 25.7 Å². The number of aliphatic hydroxyl groups is 1. The van der Waals surface area contributed by atoms with Crippen LogP contribution in [0, 0.1) is 0 Å². The quantitative estimate of drug-likeness (QED) is 0.0169. The molecule has 0 heterocycles. The Morgan fingerprint density at radius 2 is 0.490 bits per heavy atom. The molecular formula is C83H154O17P2. The molecule has 0 aromatic carbocycles. The van der Waals surface area contributed by atoms with E-state index in [2.05, 4.69) is 64.2 Å². The molecule has 0 spiro atoms. The number of hydrogen-bond donors (Lipinski definition) is 3. The largest absolute Gasteiger partial charge is 0.472 e. The topological polar surface area (TPSA) is 237 Å². The Kier molecular flexibility index (Phi) is 74.0. The molecule has 0 aliphatic carbocycles. The van der Waals surface area contributed by atoms with Gasteiger partial charge in [-0.2, -0.15) is 0 Å². The maximum atomic E-state index is 13.1. The molecule has 17 nitrogen and oxygen atoms in total. The van der Waals surface area contributed by atoms with Crippen LogP contribution < -0.4 is 0 Å². The summed E-state index contributed by atoms with van der Waals surface area (Å²) in [6.07, 6.45) is 75.1. The van der Waals surface area contributed by atoms with E-state index < -0.39 is 97.5 Å². The van der Waals surface area contributed by atoms with Crippen LogP contribution in [0.15, 0.2) is 48.6 Å². The van der Waals surface area contributed by atoms with Crippen molar-refractivity contribution in [3.63, 3.8) is 0 Å². The zero-order valence-corrected chi connectivity index (χ0v) is 67.3. The maximum Gasteiger partial charge on any atom is 0.472 e. The number of ether oxygens (including phenoxy) is 4. The van der Waals surface area contributed by atoms with Crippen LogP contribution in [-0.2, 0) is 65.4 Å². The van der Waals surface area contributed by atoms with Crippen molar-refractivity contribution < 1.29 is 80.2 Å². The summed E-state index contributed by atoms with van der Waals surface area (Å²) in [4.78, 5) is 73.1. The highest BCUT2D eigenvalue weighted by Crippen LogP contribution is 2.45. The summed E-state index contributed by atoms with van der Waals surface area (Å²) >= 11 is 0. The van der Waals surface area contributed by atoms with Crippen LogP contribution in [-0.4, -0.2) is 96.7 Å². The minimum absolute atomic E-state index is 0.0914. The second-order valence-corrected chi connectivity index (χ2v) is 31.4. The third kappa shape index (κ3) is 75.3. The number of esters is 4. The van der Waals surface area contributed by atoms with E-state index in [0.717, 1.165) is 96.3 Å². The molecule has 0 aromatic heterocycles. The van der Waals surface area contributed by atoms with Gasteiger partial charge in [0.05, 0.1) is 26.4 Å². The molecule has 0 radical (unpaired) electrons. The number of allylic oxidation sites excluding steroid dienone is 8. The number of phosphoric ester groups is 2. The highest BCUT2D eigenvalue weighted by Gasteiger charge is 2.30. The number of aliphatic hydroxyl groups excluding tert-OH is 1. The molecule has 3 N–H and O–H groups in total. The molecule has 5 atom stereocenters. The summed E-state index contributed by atoms with van der Waals surface area (Å²) in [5.74, 6) is -2.19. The molecule has 0 aromatic rings. The van der Waals surface area contributed by atoms with Crippen molar-refractivity contribution in [3.8, 4) is 0 Å². The van der Waals surface area contributed by atoms with Crippen LogP contribution in [0.5, 0.6) is 0 Å². The second kappa shape index (κ2) is 76.2. The van der Waals surface area contributed by atoms with E-state index in [1.54, 1.807) is 0 Å². The van der Waals surface area contributed by atoms with Gasteiger partial charge in [0.25, 0.3) is 0 Å².